The average Bonchev–Trinajstić information content (AvgIpc) is 3.64. The van der Waals surface area contributed by atoms with Crippen molar-refractivity contribution in [1.29, 1.82) is 0 Å². The largest absolute Gasteiger partial charge is 0.497 e. The van der Waals surface area contributed by atoms with Gasteiger partial charge >= 0.3 is 0 Å². The van der Waals surface area contributed by atoms with Gasteiger partial charge in [-0.15, -0.1) is 0 Å². The van der Waals surface area contributed by atoms with Gasteiger partial charge in [-0.05, 0) is 80.3 Å². The lowest BCUT2D eigenvalue weighted by Crippen LogP contribution is -2.42. The second-order valence-corrected chi connectivity index (χ2v) is 10.6. The van der Waals surface area contributed by atoms with Crippen molar-refractivity contribution in [2.24, 2.45) is 0 Å². The van der Waals surface area contributed by atoms with Gasteiger partial charge in [-0.25, -0.2) is 4.98 Å². The molecule has 212 valence electrons. The molecule has 2 amide bonds. The molecule has 1 fully saturated rings. The Hall–Kier alpha value is -4.14. The molecule has 1 aliphatic rings. The van der Waals surface area contributed by atoms with E-state index in [1.807, 2.05) is 48.0 Å². The van der Waals surface area contributed by atoms with E-state index in [9.17, 15) is 9.59 Å². The van der Waals surface area contributed by atoms with Crippen LogP contribution in [0.5, 0.6) is 5.75 Å². The topological polar surface area (TPSA) is 85.7 Å². The highest BCUT2D eigenvalue weighted by molar-refractivity contribution is 6.30. The lowest BCUT2D eigenvalue weighted by Gasteiger charge is -2.25. The zero-order valence-corrected chi connectivity index (χ0v) is 24.1. The molecule has 1 N–H and O–H groups in total. The Labute approximate surface area is 244 Å². The van der Waals surface area contributed by atoms with Crippen molar-refractivity contribution in [3.05, 3.63) is 94.6 Å². The molecule has 5 rings (SSSR count). The Morgan fingerprint density at radius 3 is 2.61 bits per heavy atom. The van der Waals surface area contributed by atoms with Crippen LogP contribution in [0.25, 0.3) is 16.9 Å². The van der Waals surface area contributed by atoms with E-state index < -0.39 is 0 Å². The normalized spacial score (nSPS) is 14.6. The number of imidazole rings is 1. The molecule has 1 saturated heterocycles. The first-order valence-electron chi connectivity index (χ1n) is 13.6. The van der Waals surface area contributed by atoms with E-state index in [1.54, 1.807) is 43.5 Å². The maximum absolute atomic E-state index is 13.6. The van der Waals surface area contributed by atoms with Gasteiger partial charge in [0.2, 0.25) is 11.9 Å². The molecule has 41 heavy (non-hydrogen) atoms. The first kappa shape index (κ1) is 28.4. The Morgan fingerprint density at radius 2 is 1.90 bits per heavy atom. The molecule has 1 aromatic heterocycles. The van der Waals surface area contributed by atoms with E-state index in [-0.39, 0.29) is 24.5 Å². The summed E-state index contributed by atoms with van der Waals surface area (Å²) in [5.41, 5.74) is 5.13. The van der Waals surface area contributed by atoms with Crippen molar-refractivity contribution >= 4 is 29.4 Å². The highest BCUT2D eigenvalue weighted by atomic mass is 35.5. The fourth-order valence-electron chi connectivity index (χ4n) is 4.83. The summed E-state index contributed by atoms with van der Waals surface area (Å²) in [7, 11) is 1.55. The van der Waals surface area contributed by atoms with Crippen LogP contribution in [-0.4, -0.2) is 59.2 Å². The fourth-order valence-corrected chi connectivity index (χ4v) is 4.96. The summed E-state index contributed by atoms with van der Waals surface area (Å²) in [4.78, 5) is 33.4. The van der Waals surface area contributed by atoms with Gasteiger partial charge in [-0.3, -0.25) is 19.5 Å². The molecule has 0 bridgehead atoms. The molecule has 0 radical (unpaired) electrons. The van der Waals surface area contributed by atoms with Gasteiger partial charge < -0.3 is 14.4 Å². The summed E-state index contributed by atoms with van der Waals surface area (Å²) in [5, 5.41) is 3.58. The summed E-state index contributed by atoms with van der Waals surface area (Å²) < 4.78 is 12.9. The summed E-state index contributed by atoms with van der Waals surface area (Å²) in [5.74, 6) is 0.295. The molecule has 0 unspecified atom stereocenters. The monoisotopic (exact) mass is 572 g/mol. The van der Waals surface area contributed by atoms with E-state index in [4.69, 9.17) is 26.1 Å². The van der Waals surface area contributed by atoms with Crippen molar-refractivity contribution in [3.8, 4) is 22.7 Å². The summed E-state index contributed by atoms with van der Waals surface area (Å²) in [6.45, 7) is 4.90. The number of amides is 2. The van der Waals surface area contributed by atoms with Crippen LogP contribution >= 0.6 is 11.6 Å². The average molecular weight is 573 g/mol. The lowest BCUT2D eigenvalue weighted by atomic mass is 10.1. The van der Waals surface area contributed by atoms with Crippen molar-refractivity contribution in [2.45, 2.75) is 32.8 Å². The van der Waals surface area contributed by atoms with Crippen LogP contribution in [0, 0.1) is 13.8 Å². The van der Waals surface area contributed by atoms with Gasteiger partial charge in [-0.1, -0.05) is 35.9 Å². The van der Waals surface area contributed by atoms with Gasteiger partial charge in [0.25, 0.3) is 5.91 Å². The fraction of sp³-hybridized carbons (Fsp3) is 0.281. The van der Waals surface area contributed by atoms with Crippen LogP contribution in [0.4, 0.5) is 5.95 Å². The number of hydrogen-bond acceptors (Lipinski definition) is 5. The van der Waals surface area contributed by atoms with Gasteiger partial charge in [0.15, 0.2) is 0 Å². The van der Waals surface area contributed by atoms with Crippen molar-refractivity contribution in [3.63, 3.8) is 0 Å². The molecular formula is C32H33ClN4O4. The Morgan fingerprint density at radius 1 is 1.10 bits per heavy atom. The van der Waals surface area contributed by atoms with Gasteiger partial charge in [0.05, 0.1) is 18.9 Å². The predicted molar refractivity (Wildman–Crippen MR) is 160 cm³/mol. The van der Waals surface area contributed by atoms with Gasteiger partial charge in [0.1, 0.15) is 12.3 Å². The zero-order chi connectivity index (χ0) is 28.9. The second kappa shape index (κ2) is 12.6. The third-order valence-electron chi connectivity index (χ3n) is 7.25. The lowest BCUT2D eigenvalue weighted by molar-refractivity contribution is -0.117. The van der Waals surface area contributed by atoms with E-state index in [0.717, 1.165) is 29.7 Å². The van der Waals surface area contributed by atoms with Crippen molar-refractivity contribution < 1.29 is 19.1 Å². The number of methoxy groups -OCH3 is 1. The number of anilines is 1. The number of halogens is 1. The zero-order valence-electron chi connectivity index (χ0n) is 23.4. The second-order valence-electron chi connectivity index (χ2n) is 10.2. The summed E-state index contributed by atoms with van der Waals surface area (Å²) in [6.07, 6.45) is 3.53. The van der Waals surface area contributed by atoms with E-state index >= 15 is 0 Å². The molecule has 1 atom stereocenters. The molecule has 0 aliphatic carbocycles. The summed E-state index contributed by atoms with van der Waals surface area (Å²) >= 11 is 6.10. The molecule has 2 heterocycles. The molecular weight excluding hydrogens is 540 g/mol. The quantitative estimate of drug-likeness (QED) is 0.263. The first-order valence-corrected chi connectivity index (χ1v) is 14.0. The molecule has 8 nitrogen and oxygen atoms in total. The van der Waals surface area contributed by atoms with Gasteiger partial charge in [-0.2, -0.15) is 0 Å². The minimum atomic E-state index is -0.363. The number of carbonyl (C=O) groups excluding carboxylic acids is 2. The number of nitrogens with one attached hydrogen (secondary N) is 1. The standard InChI is InChI=1S/C32H33ClN4O4/c1-21-9-14-26(16-22(21)2)37-19-29(23-10-12-25(33)13-11-23)34-32(37)35-30(38)20-36(18-28-8-5-15-41-28)31(39)24-6-4-7-27(17-24)40-3/h4,6-7,9-14,16-17,19,28H,5,8,15,18,20H2,1-3H3,(H,34,35,38)/t28-/m0/s1. The number of nitrogens with zero attached hydrogens (tertiary/aromatic N) is 3. The number of aryl methyl sites for hydroxylation is 2. The number of hydrogen-bond donors (Lipinski definition) is 1. The van der Waals surface area contributed by atoms with E-state index in [2.05, 4.69) is 12.2 Å². The predicted octanol–water partition coefficient (Wildman–Crippen LogP) is 6.08. The number of benzene rings is 3. The van der Waals surface area contributed by atoms with Crippen LogP contribution in [0.1, 0.15) is 34.3 Å². The minimum absolute atomic E-state index is 0.119. The number of aromatic nitrogens is 2. The summed E-state index contributed by atoms with van der Waals surface area (Å²) in [6, 6.07) is 20.4. The van der Waals surface area contributed by atoms with Crippen LogP contribution in [-0.2, 0) is 9.53 Å². The molecule has 0 spiro atoms. The van der Waals surface area contributed by atoms with Crippen molar-refractivity contribution in [1.82, 2.24) is 14.5 Å². The minimum Gasteiger partial charge on any atom is -0.497 e. The number of carbonyl (C=O) groups is 2. The van der Waals surface area contributed by atoms with Crippen LogP contribution in [0.15, 0.2) is 72.9 Å². The Balaban J connectivity index is 1.43. The molecule has 9 heteroatoms. The number of ether oxygens (including phenoxy) is 2. The third-order valence-corrected chi connectivity index (χ3v) is 7.50. The maximum atomic E-state index is 13.6. The third kappa shape index (κ3) is 6.78. The SMILES string of the molecule is COc1cccc(C(=O)N(CC(=O)Nc2nc(-c3ccc(Cl)cc3)cn2-c2ccc(C)c(C)c2)C[C@@H]2CCCO2)c1. The van der Waals surface area contributed by atoms with Crippen LogP contribution in [0.2, 0.25) is 5.02 Å². The first-order chi connectivity index (χ1) is 19.8. The van der Waals surface area contributed by atoms with E-state index in [0.29, 0.717) is 41.1 Å². The van der Waals surface area contributed by atoms with Crippen LogP contribution < -0.4 is 10.1 Å². The highest BCUT2D eigenvalue weighted by Gasteiger charge is 2.26. The van der Waals surface area contributed by atoms with Gasteiger partial charge in [0, 0.05) is 41.2 Å². The van der Waals surface area contributed by atoms with Crippen molar-refractivity contribution in [2.75, 3.05) is 32.1 Å². The highest BCUT2D eigenvalue weighted by Crippen LogP contribution is 2.27. The Kier molecular flexibility index (Phi) is 8.71. The van der Waals surface area contributed by atoms with E-state index in [1.165, 1.54) is 10.5 Å². The number of rotatable bonds is 9. The molecule has 1 aliphatic heterocycles. The molecule has 3 aromatic carbocycles. The Bertz CT molecular complexity index is 1540. The smallest absolute Gasteiger partial charge is 0.254 e. The molecule has 0 saturated carbocycles. The molecule has 4 aromatic rings. The van der Waals surface area contributed by atoms with Crippen LogP contribution in [0.3, 0.4) is 0 Å². The maximum Gasteiger partial charge on any atom is 0.254 e.